The molecule has 0 atom stereocenters. The number of fused-ring (bicyclic) bond motifs is 1. The molecule has 0 unspecified atom stereocenters. The lowest BCUT2D eigenvalue weighted by atomic mass is 10.3. The van der Waals surface area contributed by atoms with Crippen LogP contribution in [0.3, 0.4) is 0 Å². The number of thioether (sulfide) groups is 1. The van der Waals surface area contributed by atoms with Crippen LogP contribution in [-0.4, -0.2) is 20.9 Å². The Labute approximate surface area is 104 Å². The van der Waals surface area contributed by atoms with Crippen molar-refractivity contribution in [1.82, 2.24) is 14.6 Å². The second kappa shape index (κ2) is 4.17. The van der Waals surface area contributed by atoms with Gasteiger partial charge in [0, 0.05) is 5.69 Å². The van der Waals surface area contributed by atoms with Crippen molar-refractivity contribution in [2.24, 2.45) is 0 Å². The highest BCUT2D eigenvalue weighted by Gasteiger charge is 2.35. The minimum absolute atomic E-state index is 0.0609. The Morgan fingerprint density at radius 3 is 2.61 bits per heavy atom. The Balaban J connectivity index is 2.91. The minimum atomic E-state index is -4.54. The summed E-state index contributed by atoms with van der Waals surface area (Å²) in [5.41, 5.74) is -0.730. The lowest BCUT2D eigenvalue weighted by Gasteiger charge is -2.09. The summed E-state index contributed by atoms with van der Waals surface area (Å²) >= 11 is 1.11. The van der Waals surface area contributed by atoms with Crippen LogP contribution >= 0.6 is 11.8 Å². The predicted octanol–water partition coefficient (Wildman–Crippen LogP) is 2.65. The second-order valence-corrected chi connectivity index (χ2v) is 4.31. The topological polar surface area (TPSA) is 54.0 Å². The number of hydrogen-bond acceptors (Lipinski definition) is 4. The Bertz CT molecular complexity index is 654. The van der Waals surface area contributed by atoms with Gasteiger partial charge in [0.15, 0.2) is 5.65 Å². The number of hydrogen-bond donors (Lipinski definition) is 0. The molecule has 4 nitrogen and oxygen atoms in total. The number of alkyl halides is 3. The second-order valence-electron chi connectivity index (χ2n) is 3.51. The molecular weight excluding hydrogens is 265 g/mol. The summed E-state index contributed by atoms with van der Waals surface area (Å²) in [7, 11) is 0. The van der Waals surface area contributed by atoms with Gasteiger partial charge in [-0.1, -0.05) is 0 Å². The first-order valence-corrected chi connectivity index (χ1v) is 6.02. The molecule has 2 aromatic heterocycles. The first-order chi connectivity index (χ1) is 8.38. The summed E-state index contributed by atoms with van der Waals surface area (Å²) in [5, 5.41) is 13.0. The molecule has 0 aromatic carbocycles. The van der Waals surface area contributed by atoms with Crippen LogP contribution in [0.15, 0.2) is 11.1 Å². The predicted molar refractivity (Wildman–Crippen MR) is 59.2 cm³/mol. The van der Waals surface area contributed by atoms with Gasteiger partial charge in [-0.3, -0.25) is 0 Å². The fraction of sp³-hybridized carbons (Fsp3) is 0.300. The third-order valence-electron chi connectivity index (χ3n) is 2.28. The molecule has 2 heterocycles. The van der Waals surface area contributed by atoms with E-state index in [1.807, 2.05) is 6.07 Å². The first-order valence-electron chi connectivity index (χ1n) is 4.80. The average molecular weight is 272 g/mol. The molecule has 0 saturated carbocycles. The van der Waals surface area contributed by atoms with E-state index in [1.54, 1.807) is 6.26 Å². The number of aryl methyl sites for hydroxylation is 1. The number of rotatable bonds is 1. The van der Waals surface area contributed by atoms with Gasteiger partial charge in [0.1, 0.15) is 22.4 Å². The van der Waals surface area contributed by atoms with Gasteiger partial charge in [-0.15, -0.1) is 11.8 Å². The molecule has 2 aromatic rings. The molecule has 0 fully saturated rings. The fourth-order valence-corrected chi connectivity index (χ4v) is 2.07. The number of aromatic nitrogens is 3. The van der Waals surface area contributed by atoms with Gasteiger partial charge in [0.25, 0.3) is 0 Å². The molecule has 0 spiro atoms. The van der Waals surface area contributed by atoms with Crippen molar-refractivity contribution in [3.05, 3.63) is 23.0 Å². The lowest BCUT2D eigenvalue weighted by molar-refractivity contribution is -0.142. The van der Waals surface area contributed by atoms with Crippen molar-refractivity contribution < 1.29 is 13.2 Å². The van der Waals surface area contributed by atoms with Gasteiger partial charge in [0.2, 0.25) is 0 Å². The molecule has 0 bridgehead atoms. The van der Waals surface area contributed by atoms with Gasteiger partial charge in [-0.25, -0.2) is 9.50 Å². The highest BCUT2D eigenvalue weighted by atomic mass is 32.2. The zero-order valence-electron chi connectivity index (χ0n) is 9.41. The largest absolute Gasteiger partial charge is 0.433 e. The van der Waals surface area contributed by atoms with E-state index in [9.17, 15) is 13.2 Å². The summed E-state index contributed by atoms with van der Waals surface area (Å²) < 4.78 is 39.3. The van der Waals surface area contributed by atoms with E-state index < -0.39 is 11.9 Å². The van der Waals surface area contributed by atoms with Crippen molar-refractivity contribution in [2.75, 3.05) is 6.26 Å². The number of nitrogens with zero attached hydrogens (tertiary/aromatic N) is 4. The van der Waals surface area contributed by atoms with Gasteiger partial charge in [-0.05, 0) is 19.2 Å². The third-order valence-corrected chi connectivity index (χ3v) is 2.95. The zero-order valence-corrected chi connectivity index (χ0v) is 10.2. The SMILES string of the molecule is CSc1nn2c(C(F)(F)F)cc(C)nc2c1C#N. The van der Waals surface area contributed by atoms with Crippen molar-refractivity contribution in [1.29, 1.82) is 5.26 Å². The van der Waals surface area contributed by atoms with E-state index in [0.29, 0.717) is 4.52 Å². The molecular formula is C10H7F3N4S. The Morgan fingerprint density at radius 1 is 1.44 bits per heavy atom. The summed E-state index contributed by atoms with van der Waals surface area (Å²) in [5.74, 6) is 0. The maximum absolute atomic E-state index is 12.9. The van der Waals surface area contributed by atoms with Crippen LogP contribution in [-0.2, 0) is 6.18 Å². The van der Waals surface area contributed by atoms with Crippen molar-refractivity contribution >= 4 is 17.4 Å². The lowest BCUT2D eigenvalue weighted by Crippen LogP contribution is -2.13. The Morgan fingerprint density at radius 2 is 2.11 bits per heavy atom. The Kier molecular flexibility index (Phi) is 2.94. The van der Waals surface area contributed by atoms with E-state index in [4.69, 9.17) is 5.26 Å². The molecule has 18 heavy (non-hydrogen) atoms. The molecule has 0 N–H and O–H groups in total. The minimum Gasteiger partial charge on any atom is -0.233 e. The Hall–Kier alpha value is -1.75. The van der Waals surface area contributed by atoms with Crippen LogP contribution in [0.1, 0.15) is 17.0 Å². The summed E-state index contributed by atoms with van der Waals surface area (Å²) in [6, 6.07) is 2.75. The smallest absolute Gasteiger partial charge is 0.233 e. The van der Waals surface area contributed by atoms with Gasteiger partial charge in [-0.2, -0.15) is 23.5 Å². The third kappa shape index (κ3) is 1.90. The average Bonchev–Trinajstić information content (AvgIpc) is 2.63. The molecule has 0 aliphatic rings. The highest BCUT2D eigenvalue weighted by Crippen LogP contribution is 2.32. The number of nitriles is 1. The maximum Gasteiger partial charge on any atom is 0.433 e. The zero-order chi connectivity index (χ0) is 13.5. The molecule has 2 rings (SSSR count). The van der Waals surface area contributed by atoms with Gasteiger partial charge in [0.05, 0.1) is 0 Å². The van der Waals surface area contributed by atoms with Crippen molar-refractivity contribution in [3.63, 3.8) is 0 Å². The van der Waals surface area contributed by atoms with Gasteiger partial charge >= 0.3 is 6.18 Å². The quantitative estimate of drug-likeness (QED) is 0.749. The molecule has 0 saturated heterocycles. The molecule has 94 valence electrons. The van der Waals surface area contributed by atoms with E-state index in [-0.39, 0.29) is 21.9 Å². The summed E-state index contributed by atoms with van der Waals surface area (Å²) in [6.45, 7) is 1.45. The molecule has 0 aliphatic heterocycles. The highest BCUT2D eigenvalue weighted by molar-refractivity contribution is 7.98. The first kappa shape index (κ1) is 12.7. The standard InChI is InChI=1S/C10H7F3N4S/c1-5-3-7(10(11,12)13)17-8(15-5)6(4-14)9(16-17)18-2/h3H,1-2H3. The van der Waals surface area contributed by atoms with E-state index in [0.717, 1.165) is 17.8 Å². The van der Waals surface area contributed by atoms with E-state index >= 15 is 0 Å². The fourth-order valence-electron chi connectivity index (χ4n) is 1.56. The van der Waals surface area contributed by atoms with Crippen LogP contribution in [0.4, 0.5) is 13.2 Å². The molecule has 0 aliphatic carbocycles. The van der Waals surface area contributed by atoms with Crippen LogP contribution in [0, 0.1) is 18.3 Å². The molecule has 0 amide bonds. The van der Waals surface area contributed by atoms with Crippen LogP contribution in [0.5, 0.6) is 0 Å². The van der Waals surface area contributed by atoms with Crippen LogP contribution in [0.2, 0.25) is 0 Å². The summed E-state index contributed by atoms with van der Waals surface area (Å²) in [6.07, 6.45) is -2.90. The van der Waals surface area contributed by atoms with Crippen molar-refractivity contribution in [3.8, 4) is 6.07 Å². The van der Waals surface area contributed by atoms with E-state index in [1.165, 1.54) is 6.92 Å². The summed E-state index contributed by atoms with van der Waals surface area (Å²) in [4.78, 5) is 3.95. The maximum atomic E-state index is 12.9. The van der Waals surface area contributed by atoms with Gasteiger partial charge < -0.3 is 0 Å². The van der Waals surface area contributed by atoms with Crippen LogP contribution in [0.25, 0.3) is 5.65 Å². The van der Waals surface area contributed by atoms with Crippen molar-refractivity contribution in [2.45, 2.75) is 18.1 Å². The molecule has 0 radical (unpaired) electrons. The van der Waals surface area contributed by atoms with E-state index in [2.05, 4.69) is 10.1 Å². The number of halogens is 3. The normalized spacial score (nSPS) is 11.8. The van der Waals surface area contributed by atoms with Crippen LogP contribution < -0.4 is 0 Å². The monoisotopic (exact) mass is 272 g/mol. The molecule has 8 heteroatoms.